The summed E-state index contributed by atoms with van der Waals surface area (Å²) in [7, 11) is 0. The standard InChI is InChI=1S/C4H8O3.Ca.H2O.2H/c5-3-1-2-4(6)7;;;;/h5H,1-3H2,(H,6,7);;1H2;;. The Labute approximate surface area is 83.2 Å². The molecule has 0 spiro atoms. The molecule has 5 heteroatoms. The maximum atomic E-state index is 9.65. The Morgan fingerprint density at radius 2 is 1.89 bits per heavy atom. The molecule has 0 aromatic rings. The second-order valence-electron chi connectivity index (χ2n) is 1.22. The Kier molecular flexibility index (Phi) is 20.8. The van der Waals surface area contributed by atoms with E-state index in [-0.39, 0.29) is 56.2 Å². The van der Waals surface area contributed by atoms with E-state index >= 15 is 0 Å². The van der Waals surface area contributed by atoms with Gasteiger partial charge in [0.1, 0.15) is 0 Å². The van der Waals surface area contributed by atoms with E-state index in [0.29, 0.717) is 6.42 Å². The number of carboxylic acids is 1. The van der Waals surface area contributed by atoms with Crippen LogP contribution >= 0.6 is 0 Å². The van der Waals surface area contributed by atoms with Gasteiger partial charge in [-0.1, -0.05) is 0 Å². The predicted octanol–water partition coefficient (Wildman–Crippen LogP) is -1.90. The van der Waals surface area contributed by atoms with Gasteiger partial charge < -0.3 is 15.7 Å². The van der Waals surface area contributed by atoms with E-state index in [4.69, 9.17) is 10.2 Å². The van der Waals surface area contributed by atoms with E-state index in [0.717, 1.165) is 0 Å². The first-order chi connectivity index (χ1) is 3.27. The predicted molar refractivity (Wildman–Crippen MR) is 36.1 cm³/mol. The Hall–Kier alpha value is 0.650. The molecule has 0 aromatic heterocycles. The molecule has 0 radical (unpaired) electrons. The number of rotatable bonds is 3. The molecule has 0 fully saturated rings. The average molecular weight is 164 g/mol. The van der Waals surface area contributed by atoms with Crippen molar-refractivity contribution in [2.45, 2.75) is 12.8 Å². The van der Waals surface area contributed by atoms with Gasteiger partial charge in [0, 0.05) is 13.0 Å². The second kappa shape index (κ2) is 11.4. The quantitative estimate of drug-likeness (QED) is 0.477. The first-order valence-corrected chi connectivity index (χ1v) is 2.10. The van der Waals surface area contributed by atoms with Crippen LogP contribution in [0.2, 0.25) is 0 Å². The number of carbonyl (C=O) groups is 1. The molecule has 0 aromatic carbocycles. The van der Waals surface area contributed by atoms with Crippen molar-refractivity contribution < 1.29 is 20.5 Å². The molecule has 0 saturated carbocycles. The van der Waals surface area contributed by atoms with Crippen molar-refractivity contribution in [3.8, 4) is 0 Å². The molecule has 0 bridgehead atoms. The molecule has 0 heterocycles. The molecule has 54 valence electrons. The third kappa shape index (κ3) is 17.7. The first-order valence-electron chi connectivity index (χ1n) is 2.10. The van der Waals surface area contributed by atoms with Crippen LogP contribution in [0.5, 0.6) is 0 Å². The molecular formula is C4H12CaO4. The summed E-state index contributed by atoms with van der Waals surface area (Å²) in [4.78, 5) is 9.65. The van der Waals surface area contributed by atoms with Crippen LogP contribution in [0, 0.1) is 0 Å². The summed E-state index contributed by atoms with van der Waals surface area (Å²) < 4.78 is 0. The van der Waals surface area contributed by atoms with E-state index in [2.05, 4.69) is 0 Å². The SMILES string of the molecule is O.O=C(O)CCCO.[CaH2]. The number of hydrogen-bond acceptors (Lipinski definition) is 2. The van der Waals surface area contributed by atoms with Gasteiger partial charge in [0.05, 0.1) is 0 Å². The topological polar surface area (TPSA) is 89.0 Å². The molecular weight excluding hydrogens is 152 g/mol. The number of hydrogen-bond donors (Lipinski definition) is 2. The van der Waals surface area contributed by atoms with Crippen LogP contribution in [-0.2, 0) is 4.79 Å². The zero-order valence-corrected chi connectivity index (χ0v) is 4.42. The van der Waals surface area contributed by atoms with Crippen molar-refractivity contribution in [2.24, 2.45) is 0 Å². The van der Waals surface area contributed by atoms with Gasteiger partial charge in [0.15, 0.2) is 0 Å². The van der Waals surface area contributed by atoms with E-state index in [1.807, 2.05) is 0 Å². The van der Waals surface area contributed by atoms with Crippen LogP contribution in [-0.4, -0.2) is 66.0 Å². The van der Waals surface area contributed by atoms with Crippen molar-refractivity contribution in [2.75, 3.05) is 6.61 Å². The fraction of sp³-hybridized carbons (Fsp3) is 0.750. The van der Waals surface area contributed by atoms with Gasteiger partial charge in [0.2, 0.25) is 0 Å². The molecule has 0 aliphatic heterocycles. The van der Waals surface area contributed by atoms with Crippen LogP contribution in [0.25, 0.3) is 0 Å². The van der Waals surface area contributed by atoms with Crippen molar-refractivity contribution in [1.29, 1.82) is 0 Å². The number of aliphatic carboxylic acids is 1. The maximum absolute atomic E-state index is 9.65. The summed E-state index contributed by atoms with van der Waals surface area (Å²) in [6.07, 6.45) is 0.422. The molecule has 0 aliphatic carbocycles. The first kappa shape index (κ1) is 16.3. The fourth-order valence-corrected chi connectivity index (χ4v) is 0.230. The molecule has 0 aliphatic rings. The molecule has 0 amide bonds. The zero-order valence-electron chi connectivity index (χ0n) is 4.42. The molecule has 9 heavy (non-hydrogen) atoms. The van der Waals surface area contributed by atoms with Gasteiger partial charge in [-0.15, -0.1) is 0 Å². The van der Waals surface area contributed by atoms with Crippen molar-refractivity contribution in [1.82, 2.24) is 0 Å². The van der Waals surface area contributed by atoms with Gasteiger partial charge >= 0.3 is 43.7 Å². The third-order valence-corrected chi connectivity index (χ3v) is 0.549. The van der Waals surface area contributed by atoms with Gasteiger partial charge in [-0.2, -0.15) is 0 Å². The molecule has 0 rings (SSSR count). The van der Waals surface area contributed by atoms with Crippen LogP contribution < -0.4 is 0 Å². The van der Waals surface area contributed by atoms with Crippen molar-refractivity contribution in [3.63, 3.8) is 0 Å². The van der Waals surface area contributed by atoms with Crippen LogP contribution in [0.4, 0.5) is 0 Å². The molecule has 0 atom stereocenters. The number of aliphatic hydroxyl groups is 1. The molecule has 0 unspecified atom stereocenters. The van der Waals surface area contributed by atoms with Gasteiger partial charge in [-0.3, -0.25) is 4.79 Å². The van der Waals surface area contributed by atoms with Crippen LogP contribution in [0.1, 0.15) is 12.8 Å². The minimum atomic E-state index is -0.853. The van der Waals surface area contributed by atoms with E-state index in [9.17, 15) is 4.79 Å². The normalized spacial score (nSPS) is 6.78. The third-order valence-electron chi connectivity index (χ3n) is 0.549. The summed E-state index contributed by atoms with van der Waals surface area (Å²) >= 11 is 0. The molecule has 4 N–H and O–H groups in total. The Morgan fingerprint density at radius 1 is 1.44 bits per heavy atom. The van der Waals surface area contributed by atoms with E-state index in [1.54, 1.807) is 0 Å². The van der Waals surface area contributed by atoms with E-state index < -0.39 is 5.97 Å². The number of aliphatic hydroxyl groups excluding tert-OH is 1. The average Bonchev–Trinajstić information content (AvgIpc) is 1.61. The minimum absolute atomic E-state index is 0. The summed E-state index contributed by atoms with van der Waals surface area (Å²) in [5.41, 5.74) is 0. The molecule has 4 nitrogen and oxygen atoms in total. The van der Waals surface area contributed by atoms with Gasteiger partial charge in [-0.25, -0.2) is 0 Å². The number of carboxylic acid groups (broad SMARTS) is 1. The zero-order chi connectivity index (χ0) is 5.70. The Bertz CT molecular complexity index is 65.6. The van der Waals surface area contributed by atoms with E-state index in [1.165, 1.54) is 0 Å². The van der Waals surface area contributed by atoms with Gasteiger partial charge in [-0.05, 0) is 6.42 Å². The summed E-state index contributed by atoms with van der Waals surface area (Å²) in [5.74, 6) is -0.853. The van der Waals surface area contributed by atoms with Crippen LogP contribution in [0.3, 0.4) is 0 Å². The van der Waals surface area contributed by atoms with Crippen molar-refractivity contribution in [3.05, 3.63) is 0 Å². The Morgan fingerprint density at radius 3 is 2.00 bits per heavy atom. The monoisotopic (exact) mass is 164 g/mol. The fourth-order valence-electron chi connectivity index (χ4n) is 0.230. The molecule has 0 saturated heterocycles. The Balaban J connectivity index is -0.000000180. The summed E-state index contributed by atoms with van der Waals surface area (Å²) in [6.45, 7) is -0.0354. The van der Waals surface area contributed by atoms with Crippen molar-refractivity contribution >= 4 is 43.7 Å². The summed E-state index contributed by atoms with van der Waals surface area (Å²) in [6, 6.07) is 0. The summed E-state index contributed by atoms with van der Waals surface area (Å²) in [5, 5.41) is 16.0. The second-order valence-corrected chi connectivity index (χ2v) is 1.22. The van der Waals surface area contributed by atoms with Crippen LogP contribution in [0.15, 0.2) is 0 Å². The van der Waals surface area contributed by atoms with Gasteiger partial charge in [0.25, 0.3) is 0 Å².